The van der Waals surface area contributed by atoms with E-state index in [0.29, 0.717) is 0 Å². The lowest BCUT2D eigenvalue weighted by Crippen LogP contribution is -3.00. The molecule has 0 saturated carbocycles. The maximum Gasteiger partial charge on any atom is 0.249 e. The monoisotopic (exact) mass is 354 g/mol. The number of hydrogen-bond acceptors (Lipinski definition) is 0. The maximum atomic E-state index is 2.36. The van der Waals surface area contributed by atoms with Gasteiger partial charge in [-0.1, -0.05) is 35.4 Å². The van der Waals surface area contributed by atoms with Crippen LogP contribution < -0.4 is 17.0 Å². The summed E-state index contributed by atoms with van der Waals surface area (Å²) in [5.74, 6) is 0. The smallest absolute Gasteiger partial charge is 0.249 e. The van der Waals surface area contributed by atoms with Crippen molar-refractivity contribution < 1.29 is 17.0 Å². The standard InChI is InChI=1S/C22H27N2.ClH/c1-15-7-9-21(10-8-15)24-14-23(19(5)20(24)6)13-22-17(3)11-16(2)12-18(22)4;/h7-12,14H,13H2,1-6H3;1H/q+1;/p-1. The summed E-state index contributed by atoms with van der Waals surface area (Å²) < 4.78 is 4.65. The van der Waals surface area contributed by atoms with Crippen LogP contribution >= 0.6 is 0 Å². The van der Waals surface area contributed by atoms with Crippen LogP contribution in [0.3, 0.4) is 0 Å². The summed E-state index contributed by atoms with van der Waals surface area (Å²) in [6.07, 6.45) is 2.23. The minimum atomic E-state index is 0. The summed E-state index contributed by atoms with van der Waals surface area (Å²) in [7, 11) is 0. The van der Waals surface area contributed by atoms with E-state index < -0.39 is 0 Å². The highest BCUT2D eigenvalue weighted by Gasteiger charge is 2.19. The van der Waals surface area contributed by atoms with E-state index in [-0.39, 0.29) is 12.4 Å². The van der Waals surface area contributed by atoms with Gasteiger partial charge < -0.3 is 12.4 Å². The van der Waals surface area contributed by atoms with Gasteiger partial charge in [-0.2, -0.15) is 4.57 Å². The molecule has 2 nitrogen and oxygen atoms in total. The van der Waals surface area contributed by atoms with Gasteiger partial charge in [0.25, 0.3) is 0 Å². The van der Waals surface area contributed by atoms with E-state index in [2.05, 4.69) is 93.4 Å². The molecule has 25 heavy (non-hydrogen) atoms. The van der Waals surface area contributed by atoms with E-state index in [9.17, 15) is 0 Å². The van der Waals surface area contributed by atoms with E-state index in [4.69, 9.17) is 0 Å². The highest BCUT2D eigenvalue weighted by Crippen LogP contribution is 2.18. The van der Waals surface area contributed by atoms with Crippen LogP contribution in [0.2, 0.25) is 0 Å². The Labute approximate surface area is 157 Å². The maximum absolute atomic E-state index is 2.36. The molecule has 1 heterocycles. The zero-order valence-corrected chi connectivity index (χ0v) is 16.8. The zero-order chi connectivity index (χ0) is 17.4. The number of rotatable bonds is 3. The second kappa shape index (κ2) is 7.45. The van der Waals surface area contributed by atoms with Crippen LogP contribution in [0.4, 0.5) is 0 Å². The SMILES string of the molecule is Cc1ccc(-n2c[n+](Cc3c(C)cc(C)cc3C)c(C)c2C)cc1.[Cl-]. The van der Waals surface area contributed by atoms with Gasteiger partial charge >= 0.3 is 0 Å². The van der Waals surface area contributed by atoms with Crippen LogP contribution in [0.5, 0.6) is 0 Å². The van der Waals surface area contributed by atoms with Crippen molar-refractivity contribution in [3.05, 3.63) is 81.9 Å². The summed E-state index contributed by atoms with van der Waals surface area (Å²) in [6.45, 7) is 14.0. The van der Waals surface area contributed by atoms with Crippen LogP contribution in [0, 0.1) is 41.5 Å². The Bertz CT molecular complexity index is 866. The first-order valence-corrected chi connectivity index (χ1v) is 8.58. The van der Waals surface area contributed by atoms with Crippen LogP contribution in [0.1, 0.15) is 39.2 Å². The number of imidazole rings is 1. The molecule has 3 rings (SSSR count). The molecular weight excluding hydrogens is 328 g/mol. The lowest BCUT2D eigenvalue weighted by Gasteiger charge is -2.10. The molecule has 0 fully saturated rings. The predicted molar refractivity (Wildman–Crippen MR) is 99.9 cm³/mol. The van der Waals surface area contributed by atoms with Crippen LogP contribution in [0.15, 0.2) is 42.7 Å². The fourth-order valence-corrected chi connectivity index (χ4v) is 3.45. The average Bonchev–Trinajstić information content (AvgIpc) is 2.80. The molecule has 2 aromatic carbocycles. The van der Waals surface area contributed by atoms with E-state index in [1.165, 1.54) is 44.9 Å². The van der Waals surface area contributed by atoms with Crippen molar-refractivity contribution in [2.45, 2.75) is 48.1 Å². The number of benzene rings is 2. The van der Waals surface area contributed by atoms with Crippen molar-refractivity contribution in [3.63, 3.8) is 0 Å². The van der Waals surface area contributed by atoms with Gasteiger partial charge in [-0.25, -0.2) is 4.57 Å². The quantitative estimate of drug-likeness (QED) is 0.633. The fraction of sp³-hybridized carbons (Fsp3) is 0.318. The van der Waals surface area contributed by atoms with Crippen molar-refractivity contribution in [3.8, 4) is 5.69 Å². The minimum absolute atomic E-state index is 0. The van der Waals surface area contributed by atoms with Gasteiger partial charge in [-0.05, 0) is 56.5 Å². The average molecular weight is 355 g/mol. The van der Waals surface area contributed by atoms with Crippen molar-refractivity contribution in [2.24, 2.45) is 0 Å². The summed E-state index contributed by atoms with van der Waals surface area (Å²) in [6, 6.07) is 13.3. The Morgan fingerprint density at radius 1 is 0.800 bits per heavy atom. The molecule has 0 amide bonds. The number of hydrogen-bond donors (Lipinski definition) is 0. The van der Waals surface area contributed by atoms with Crippen molar-refractivity contribution >= 4 is 0 Å². The predicted octanol–water partition coefficient (Wildman–Crippen LogP) is 1.67. The summed E-state index contributed by atoms with van der Waals surface area (Å²) in [4.78, 5) is 0. The van der Waals surface area contributed by atoms with Crippen LogP contribution in [-0.4, -0.2) is 4.57 Å². The Morgan fingerprint density at radius 2 is 1.36 bits per heavy atom. The van der Waals surface area contributed by atoms with Crippen molar-refractivity contribution in [1.82, 2.24) is 4.57 Å². The highest BCUT2D eigenvalue weighted by atomic mass is 35.5. The lowest BCUT2D eigenvalue weighted by molar-refractivity contribution is -0.693. The van der Waals surface area contributed by atoms with Gasteiger partial charge in [0, 0.05) is 13.8 Å². The third-order valence-corrected chi connectivity index (χ3v) is 5.05. The Kier molecular flexibility index (Phi) is 5.74. The van der Waals surface area contributed by atoms with Gasteiger partial charge in [0.15, 0.2) is 0 Å². The molecule has 0 radical (unpaired) electrons. The normalized spacial score (nSPS) is 10.6. The number of aromatic nitrogens is 2. The topological polar surface area (TPSA) is 8.81 Å². The molecule has 3 aromatic rings. The number of halogens is 1. The highest BCUT2D eigenvalue weighted by molar-refractivity contribution is 5.38. The van der Waals surface area contributed by atoms with Crippen LogP contribution in [0.25, 0.3) is 5.69 Å². The summed E-state index contributed by atoms with van der Waals surface area (Å²) in [5, 5.41) is 0. The number of nitrogens with zero attached hydrogens (tertiary/aromatic N) is 2. The summed E-state index contributed by atoms with van der Waals surface area (Å²) in [5.41, 5.74) is 10.6. The molecule has 0 N–H and O–H groups in total. The van der Waals surface area contributed by atoms with Crippen molar-refractivity contribution in [1.29, 1.82) is 0 Å². The first kappa shape index (κ1) is 19.3. The van der Waals surface area contributed by atoms with E-state index in [0.717, 1.165) is 6.54 Å². The molecule has 0 aliphatic rings. The molecular formula is C22H27ClN2. The Balaban J connectivity index is 0.00000225. The van der Waals surface area contributed by atoms with Gasteiger partial charge in [-0.3, -0.25) is 0 Å². The molecule has 0 atom stereocenters. The third-order valence-electron chi connectivity index (χ3n) is 5.05. The summed E-state index contributed by atoms with van der Waals surface area (Å²) >= 11 is 0. The van der Waals surface area contributed by atoms with Gasteiger partial charge in [0.1, 0.15) is 23.6 Å². The first-order valence-electron chi connectivity index (χ1n) is 8.58. The van der Waals surface area contributed by atoms with E-state index in [1.807, 2.05) is 0 Å². The van der Waals surface area contributed by atoms with E-state index >= 15 is 0 Å². The Morgan fingerprint density at radius 3 is 1.92 bits per heavy atom. The molecule has 132 valence electrons. The second-order valence-electron chi connectivity index (χ2n) is 7.00. The minimum Gasteiger partial charge on any atom is -1.00 e. The first-order chi connectivity index (χ1) is 11.4. The second-order valence-corrected chi connectivity index (χ2v) is 7.00. The van der Waals surface area contributed by atoms with Gasteiger partial charge in [0.2, 0.25) is 6.33 Å². The molecule has 0 unspecified atom stereocenters. The molecule has 0 aliphatic heterocycles. The van der Waals surface area contributed by atoms with E-state index in [1.54, 1.807) is 0 Å². The van der Waals surface area contributed by atoms with Gasteiger partial charge in [0.05, 0.1) is 0 Å². The fourth-order valence-electron chi connectivity index (χ4n) is 3.45. The van der Waals surface area contributed by atoms with Crippen molar-refractivity contribution in [2.75, 3.05) is 0 Å². The largest absolute Gasteiger partial charge is 1.00 e. The molecule has 1 aromatic heterocycles. The number of aryl methyl sites for hydroxylation is 4. The molecule has 0 aliphatic carbocycles. The molecule has 0 bridgehead atoms. The van der Waals surface area contributed by atoms with Crippen LogP contribution in [-0.2, 0) is 6.54 Å². The molecule has 3 heteroatoms. The molecule has 0 spiro atoms. The molecule has 0 saturated heterocycles. The zero-order valence-electron chi connectivity index (χ0n) is 16.0. The Hall–Kier alpha value is -2.06. The van der Waals surface area contributed by atoms with Gasteiger partial charge in [-0.15, -0.1) is 0 Å². The third kappa shape index (κ3) is 3.80. The lowest BCUT2D eigenvalue weighted by atomic mass is 10.00.